The van der Waals surface area contributed by atoms with E-state index in [4.69, 9.17) is 0 Å². The number of hydrogen-bond acceptors (Lipinski definition) is 5. The molecule has 0 atom stereocenters. The average Bonchev–Trinajstić information content (AvgIpc) is 2.52. The maximum Gasteiger partial charge on any atom is 0.240 e. The van der Waals surface area contributed by atoms with E-state index < -0.39 is 0 Å². The quantitative estimate of drug-likeness (QED) is 0.863. The van der Waals surface area contributed by atoms with E-state index in [0.717, 1.165) is 57.1 Å². The number of aryl methyl sites for hydroxylation is 1. The maximum absolute atomic E-state index is 12.4. The molecule has 1 aromatic heterocycles. The van der Waals surface area contributed by atoms with Gasteiger partial charge in [-0.15, -0.1) is 0 Å². The number of likely N-dealkylation sites (N-methyl/N-ethyl adjacent to an activating group) is 1. The summed E-state index contributed by atoms with van der Waals surface area (Å²) in [6.45, 7) is 8.41. The number of piperazine rings is 1. The van der Waals surface area contributed by atoms with Gasteiger partial charge in [0.25, 0.3) is 0 Å². The second-order valence-corrected chi connectivity index (χ2v) is 5.91. The van der Waals surface area contributed by atoms with Gasteiger partial charge in [0.2, 0.25) is 11.9 Å². The van der Waals surface area contributed by atoms with Gasteiger partial charge in [0.15, 0.2) is 0 Å². The number of rotatable bonds is 2. The van der Waals surface area contributed by atoms with Gasteiger partial charge in [0.05, 0.1) is 0 Å². The Kier molecular flexibility index (Phi) is 3.80. The Morgan fingerprint density at radius 3 is 2.52 bits per heavy atom. The van der Waals surface area contributed by atoms with Gasteiger partial charge in [0.1, 0.15) is 5.54 Å². The van der Waals surface area contributed by atoms with E-state index in [0.29, 0.717) is 0 Å². The molecule has 1 amide bonds. The first-order valence-electron chi connectivity index (χ1n) is 7.72. The van der Waals surface area contributed by atoms with Crippen molar-refractivity contribution in [2.24, 2.45) is 0 Å². The van der Waals surface area contributed by atoms with Crippen LogP contribution >= 0.6 is 0 Å². The smallest absolute Gasteiger partial charge is 0.240 e. The second kappa shape index (κ2) is 5.60. The lowest BCUT2D eigenvalue weighted by Gasteiger charge is -2.49. The molecule has 1 spiro atoms. The zero-order chi connectivity index (χ0) is 14.9. The van der Waals surface area contributed by atoms with Crippen LogP contribution in [0.4, 0.5) is 5.95 Å². The minimum atomic E-state index is -0.325. The molecule has 2 aliphatic heterocycles. The van der Waals surface area contributed by atoms with Crippen LogP contribution in [0.3, 0.4) is 0 Å². The molecule has 6 nitrogen and oxygen atoms in total. The predicted molar refractivity (Wildman–Crippen MR) is 81.2 cm³/mol. The van der Waals surface area contributed by atoms with E-state index in [9.17, 15) is 4.79 Å². The molecule has 0 aliphatic carbocycles. The van der Waals surface area contributed by atoms with Crippen LogP contribution in [0, 0.1) is 6.92 Å². The molecule has 0 bridgehead atoms. The van der Waals surface area contributed by atoms with Crippen molar-refractivity contribution in [3.8, 4) is 0 Å². The third kappa shape index (κ3) is 2.48. The van der Waals surface area contributed by atoms with Crippen LogP contribution in [0.25, 0.3) is 0 Å². The largest absolute Gasteiger partial charge is 0.353 e. The van der Waals surface area contributed by atoms with E-state index in [1.807, 2.05) is 19.3 Å². The number of carbonyl (C=O) groups excluding carboxylic acids is 1. The van der Waals surface area contributed by atoms with Crippen LogP contribution in [-0.4, -0.2) is 59.0 Å². The zero-order valence-electron chi connectivity index (χ0n) is 12.8. The molecule has 2 fully saturated rings. The molecule has 1 N–H and O–H groups in total. The van der Waals surface area contributed by atoms with Crippen LogP contribution in [0.2, 0.25) is 0 Å². The monoisotopic (exact) mass is 289 g/mol. The van der Waals surface area contributed by atoms with E-state index in [1.165, 1.54) is 0 Å². The molecule has 21 heavy (non-hydrogen) atoms. The van der Waals surface area contributed by atoms with Crippen LogP contribution in [0.1, 0.15) is 25.3 Å². The Hall–Kier alpha value is -1.69. The highest BCUT2D eigenvalue weighted by Crippen LogP contribution is 2.32. The van der Waals surface area contributed by atoms with Gasteiger partial charge >= 0.3 is 0 Å². The molecular weight excluding hydrogens is 266 g/mol. The minimum Gasteiger partial charge on any atom is -0.353 e. The lowest BCUT2D eigenvalue weighted by Crippen LogP contribution is -2.68. The van der Waals surface area contributed by atoms with Gasteiger partial charge in [-0.1, -0.05) is 6.92 Å². The summed E-state index contributed by atoms with van der Waals surface area (Å²) in [5.74, 6) is 0.967. The summed E-state index contributed by atoms with van der Waals surface area (Å²) in [6.07, 6.45) is 5.37. The van der Waals surface area contributed by atoms with E-state index in [2.05, 4.69) is 32.0 Å². The molecule has 0 aromatic carbocycles. The first kappa shape index (κ1) is 14.3. The highest BCUT2D eigenvalue weighted by molar-refractivity contribution is 5.87. The summed E-state index contributed by atoms with van der Waals surface area (Å²) in [6, 6.07) is 0. The number of amides is 1. The summed E-state index contributed by atoms with van der Waals surface area (Å²) in [4.78, 5) is 25.7. The number of nitrogens with zero attached hydrogens (tertiary/aromatic N) is 4. The lowest BCUT2D eigenvalue weighted by atomic mass is 9.83. The Balaban J connectivity index is 1.74. The molecule has 114 valence electrons. The van der Waals surface area contributed by atoms with Crippen molar-refractivity contribution in [1.29, 1.82) is 0 Å². The van der Waals surface area contributed by atoms with Crippen molar-refractivity contribution in [2.75, 3.05) is 37.6 Å². The van der Waals surface area contributed by atoms with Crippen molar-refractivity contribution >= 4 is 11.9 Å². The molecule has 0 radical (unpaired) electrons. The van der Waals surface area contributed by atoms with Crippen LogP contribution < -0.4 is 10.2 Å². The topological polar surface area (TPSA) is 61.4 Å². The minimum absolute atomic E-state index is 0.195. The summed E-state index contributed by atoms with van der Waals surface area (Å²) in [5, 5.41) is 3.04. The molecule has 1 aromatic rings. The first-order valence-corrected chi connectivity index (χ1v) is 7.72. The second-order valence-electron chi connectivity index (χ2n) is 5.91. The normalized spacial score (nSPS) is 22.4. The fourth-order valence-electron chi connectivity index (χ4n) is 3.46. The fourth-order valence-corrected chi connectivity index (χ4v) is 3.46. The zero-order valence-corrected chi connectivity index (χ0v) is 12.8. The Bertz CT molecular complexity index is 507. The molecule has 0 saturated carbocycles. The standard InChI is InChI=1S/C15H23N5O/c1-3-20-9-6-16-13(21)15(20)4-7-19(8-5-15)14-17-10-12(2)11-18-14/h10-11H,3-9H2,1-2H3,(H,16,21). The van der Waals surface area contributed by atoms with Crippen molar-refractivity contribution in [3.63, 3.8) is 0 Å². The van der Waals surface area contributed by atoms with Crippen molar-refractivity contribution < 1.29 is 4.79 Å². The highest BCUT2D eigenvalue weighted by Gasteiger charge is 2.47. The van der Waals surface area contributed by atoms with Crippen LogP contribution in [-0.2, 0) is 4.79 Å². The first-order chi connectivity index (χ1) is 10.2. The van der Waals surface area contributed by atoms with E-state index in [-0.39, 0.29) is 11.4 Å². The molecular formula is C15H23N5O. The molecule has 0 unspecified atom stereocenters. The van der Waals surface area contributed by atoms with Crippen molar-refractivity contribution in [2.45, 2.75) is 32.2 Å². The third-order valence-corrected chi connectivity index (χ3v) is 4.72. The van der Waals surface area contributed by atoms with Gasteiger partial charge in [0, 0.05) is 38.6 Å². The van der Waals surface area contributed by atoms with E-state index >= 15 is 0 Å². The Morgan fingerprint density at radius 1 is 1.24 bits per heavy atom. The number of hydrogen-bond donors (Lipinski definition) is 1. The number of piperidine rings is 1. The molecule has 2 saturated heterocycles. The molecule has 3 rings (SSSR count). The maximum atomic E-state index is 12.4. The summed E-state index contributed by atoms with van der Waals surface area (Å²) >= 11 is 0. The number of aromatic nitrogens is 2. The Labute approximate surface area is 125 Å². The highest BCUT2D eigenvalue weighted by atomic mass is 16.2. The molecule has 6 heteroatoms. The fraction of sp³-hybridized carbons (Fsp3) is 0.667. The lowest BCUT2D eigenvalue weighted by molar-refractivity contribution is -0.139. The predicted octanol–water partition coefficient (Wildman–Crippen LogP) is 0.576. The summed E-state index contributed by atoms with van der Waals surface area (Å²) in [7, 11) is 0. The van der Waals surface area contributed by atoms with Crippen molar-refractivity contribution in [1.82, 2.24) is 20.2 Å². The number of nitrogens with one attached hydrogen (secondary N) is 1. The van der Waals surface area contributed by atoms with Gasteiger partial charge in [-0.3, -0.25) is 9.69 Å². The van der Waals surface area contributed by atoms with Crippen molar-refractivity contribution in [3.05, 3.63) is 18.0 Å². The molecule has 2 aliphatic rings. The van der Waals surface area contributed by atoms with Crippen LogP contribution in [0.15, 0.2) is 12.4 Å². The average molecular weight is 289 g/mol. The van der Waals surface area contributed by atoms with Gasteiger partial charge in [-0.2, -0.15) is 0 Å². The van der Waals surface area contributed by atoms with Gasteiger partial charge < -0.3 is 10.2 Å². The third-order valence-electron chi connectivity index (χ3n) is 4.72. The van der Waals surface area contributed by atoms with Crippen LogP contribution in [0.5, 0.6) is 0 Å². The summed E-state index contributed by atoms with van der Waals surface area (Å²) < 4.78 is 0. The number of carbonyl (C=O) groups is 1. The Morgan fingerprint density at radius 2 is 1.90 bits per heavy atom. The summed E-state index contributed by atoms with van der Waals surface area (Å²) in [5.41, 5.74) is 0.741. The SMILES string of the molecule is CCN1CCNC(=O)C12CCN(c1ncc(C)cn1)CC2. The number of anilines is 1. The van der Waals surface area contributed by atoms with Gasteiger partial charge in [-0.25, -0.2) is 9.97 Å². The van der Waals surface area contributed by atoms with E-state index in [1.54, 1.807) is 0 Å². The van der Waals surface area contributed by atoms with Gasteiger partial charge in [-0.05, 0) is 31.9 Å². The molecule has 3 heterocycles.